The van der Waals surface area contributed by atoms with E-state index in [1.54, 1.807) is 0 Å². The number of para-hydroxylation sites is 1. The van der Waals surface area contributed by atoms with E-state index in [4.69, 9.17) is 9.47 Å². The van der Waals surface area contributed by atoms with Gasteiger partial charge in [0.1, 0.15) is 5.75 Å². The van der Waals surface area contributed by atoms with Crippen molar-refractivity contribution in [1.82, 2.24) is 15.1 Å². The lowest BCUT2D eigenvalue weighted by Crippen LogP contribution is -2.46. The number of ether oxygens (including phenoxy) is 2. The minimum Gasteiger partial charge on any atom is -0.493 e. The summed E-state index contributed by atoms with van der Waals surface area (Å²) in [6.07, 6.45) is 1.75. The van der Waals surface area contributed by atoms with Gasteiger partial charge in [0.15, 0.2) is 0 Å². The zero-order valence-electron chi connectivity index (χ0n) is 19.7. The molecule has 2 fully saturated rings. The van der Waals surface area contributed by atoms with Gasteiger partial charge in [0.05, 0.1) is 32.3 Å². The maximum atomic E-state index is 12.9. The number of morpholine rings is 1. The highest BCUT2D eigenvalue weighted by atomic mass is 16.5. The molecular weight excluding hydrogens is 430 g/mol. The highest BCUT2D eigenvalue weighted by Crippen LogP contribution is 2.23. The Bertz CT molecular complexity index is 895. The van der Waals surface area contributed by atoms with Gasteiger partial charge in [-0.25, -0.2) is 0 Å². The van der Waals surface area contributed by atoms with Crippen molar-refractivity contribution in [1.29, 1.82) is 0 Å². The molecule has 2 saturated heterocycles. The Hall–Kier alpha value is -2.90. The van der Waals surface area contributed by atoms with Gasteiger partial charge >= 0.3 is 0 Å². The molecule has 2 aromatic rings. The third kappa shape index (κ3) is 6.81. The van der Waals surface area contributed by atoms with Gasteiger partial charge in [0.25, 0.3) is 0 Å². The fourth-order valence-electron chi connectivity index (χ4n) is 4.69. The molecule has 2 amide bonds. The Morgan fingerprint density at radius 3 is 2.26 bits per heavy atom. The zero-order valence-corrected chi connectivity index (χ0v) is 19.7. The lowest BCUT2D eigenvalue weighted by molar-refractivity contribution is -0.136. The van der Waals surface area contributed by atoms with Gasteiger partial charge < -0.3 is 19.7 Å². The summed E-state index contributed by atoms with van der Waals surface area (Å²) in [6, 6.07) is 20.0. The lowest BCUT2D eigenvalue weighted by Gasteiger charge is -2.36. The quantitative estimate of drug-likeness (QED) is 0.617. The first kappa shape index (κ1) is 24.2. The average Bonchev–Trinajstić information content (AvgIpc) is 2.90. The van der Waals surface area contributed by atoms with E-state index in [9.17, 15) is 9.59 Å². The molecule has 0 spiro atoms. The fourth-order valence-corrected chi connectivity index (χ4v) is 4.69. The van der Waals surface area contributed by atoms with Crippen LogP contribution in [0.5, 0.6) is 5.75 Å². The molecule has 0 bridgehead atoms. The minimum atomic E-state index is -0.0502. The highest BCUT2D eigenvalue weighted by Gasteiger charge is 2.29. The predicted molar refractivity (Wildman–Crippen MR) is 130 cm³/mol. The summed E-state index contributed by atoms with van der Waals surface area (Å²) in [5.74, 6) is 0.905. The molecule has 1 atom stereocenters. The molecule has 2 aliphatic rings. The van der Waals surface area contributed by atoms with Crippen LogP contribution in [-0.2, 0) is 14.3 Å². The minimum absolute atomic E-state index is 0.0502. The van der Waals surface area contributed by atoms with Crippen molar-refractivity contribution < 1.29 is 19.1 Å². The first-order valence-corrected chi connectivity index (χ1v) is 12.3. The smallest absolute Gasteiger partial charge is 0.225 e. The highest BCUT2D eigenvalue weighted by molar-refractivity contribution is 5.80. The Morgan fingerprint density at radius 2 is 1.59 bits per heavy atom. The number of hydrogen-bond donors (Lipinski definition) is 1. The molecule has 2 aromatic carbocycles. The van der Waals surface area contributed by atoms with Crippen LogP contribution in [-0.4, -0.2) is 74.2 Å². The standard InChI is InChI=1S/C27H35N3O4/c31-26(13-18-34-24-9-5-2-6-10-24)30-14-11-23(12-15-30)27(32)28-21-25(22-7-3-1-4-8-22)29-16-19-33-20-17-29/h1-10,23,25H,11-21H2,(H,28,32). The topological polar surface area (TPSA) is 71.1 Å². The van der Waals surface area contributed by atoms with Gasteiger partial charge in [-0.15, -0.1) is 0 Å². The Balaban J connectivity index is 1.21. The van der Waals surface area contributed by atoms with Crippen LogP contribution in [0, 0.1) is 5.92 Å². The van der Waals surface area contributed by atoms with Gasteiger partial charge in [-0.3, -0.25) is 14.5 Å². The molecule has 182 valence electrons. The maximum absolute atomic E-state index is 12.9. The van der Waals surface area contributed by atoms with Crippen molar-refractivity contribution in [2.45, 2.75) is 25.3 Å². The molecule has 7 nitrogen and oxygen atoms in total. The zero-order chi connectivity index (χ0) is 23.6. The number of piperidine rings is 1. The largest absolute Gasteiger partial charge is 0.493 e. The summed E-state index contributed by atoms with van der Waals surface area (Å²) in [5, 5.41) is 3.20. The number of carbonyl (C=O) groups is 2. The molecule has 0 radical (unpaired) electrons. The van der Waals surface area contributed by atoms with E-state index in [-0.39, 0.29) is 23.8 Å². The second-order valence-corrected chi connectivity index (χ2v) is 8.89. The number of carbonyl (C=O) groups excluding carboxylic acids is 2. The molecule has 1 N–H and O–H groups in total. The number of amides is 2. The van der Waals surface area contributed by atoms with Gasteiger partial charge in [-0.1, -0.05) is 48.5 Å². The van der Waals surface area contributed by atoms with Crippen LogP contribution in [0.4, 0.5) is 0 Å². The molecule has 4 rings (SSSR count). The summed E-state index contributed by atoms with van der Waals surface area (Å²) in [4.78, 5) is 29.7. The third-order valence-electron chi connectivity index (χ3n) is 6.69. The van der Waals surface area contributed by atoms with Crippen LogP contribution in [0.15, 0.2) is 60.7 Å². The van der Waals surface area contributed by atoms with Crippen molar-refractivity contribution in [2.24, 2.45) is 5.92 Å². The van der Waals surface area contributed by atoms with Gasteiger partial charge in [0.2, 0.25) is 11.8 Å². The Morgan fingerprint density at radius 1 is 0.941 bits per heavy atom. The van der Waals surface area contributed by atoms with Crippen LogP contribution in [0.25, 0.3) is 0 Å². The molecule has 2 aliphatic heterocycles. The number of hydrogen-bond acceptors (Lipinski definition) is 5. The third-order valence-corrected chi connectivity index (χ3v) is 6.69. The van der Waals surface area contributed by atoms with Crippen molar-refractivity contribution in [3.05, 3.63) is 66.2 Å². The molecular formula is C27H35N3O4. The van der Waals surface area contributed by atoms with E-state index < -0.39 is 0 Å². The van der Waals surface area contributed by atoms with Gasteiger partial charge in [0, 0.05) is 38.6 Å². The molecule has 0 saturated carbocycles. The van der Waals surface area contributed by atoms with Crippen molar-refractivity contribution in [2.75, 3.05) is 52.5 Å². The van der Waals surface area contributed by atoms with Crippen LogP contribution >= 0.6 is 0 Å². The average molecular weight is 466 g/mol. The molecule has 7 heteroatoms. The van der Waals surface area contributed by atoms with Crippen LogP contribution in [0.2, 0.25) is 0 Å². The van der Waals surface area contributed by atoms with Crippen LogP contribution in [0.1, 0.15) is 30.9 Å². The summed E-state index contributed by atoms with van der Waals surface area (Å²) in [7, 11) is 0. The second-order valence-electron chi connectivity index (χ2n) is 8.89. The Kier molecular flexibility index (Phi) is 8.93. The SMILES string of the molecule is O=C(NCC(c1ccccc1)N1CCOCC1)C1CCN(C(=O)CCOc2ccccc2)CC1. The van der Waals surface area contributed by atoms with Crippen molar-refractivity contribution in [3.8, 4) is 5.75 Å². The van der Waals surface area contributed by atoms with Gasteiger partial charge in [-0.2, -0.15) is 0 Å². The van der Waals surface area contributed by atoms with Crippen LogP contribution in [0.3, 0.4) is 0 Å². The number of likely N-dealkylation sites (tertiary alicyclic amines) is 1. The maximum Gasteiger partial charge on any atom is 0.225 e. The van der Waals surface area contributed by atoms with E-state index in [0.717, 1.165) is 32.1 Å². The number of rotatable bonds is 9. The normalized spacial score (nSPS) is 18.3. The summed E-state index contributed by atoms with van der Waals surface area (Å²) >= 11 is 0. The predicted octanol–water partition coefficient (Wildman–Crippen LogP) is 2.88. The fraction of sp³-hybridized carbons (Fsp3) is 0.481. The van der Waals surface area contributed by atoms with Crippen molar-refractivity contribution >= 4 is 11.8 Å². The summed E-state index contributed by atoms with van der Waals surface area (Å²) in [6.45, 7) is 5.36. The molecule has 0 aliphatic carbocycles. The first-order valence-electron chi connectivity index (χ1n) is 12.3. The molecule has 1 unspecified atom stereocenters. The number of benzene rings is 2. The monoisotopic (exact) mass is 465 g/mol. The van der Waals surface area contributed by atoms with E-state index >= 15 is 0 Å². The van der Waals surface area contributed by atoms with Gasteiger partial charge in [-0.05, 0) is 30.5 Å². The van der Waals surface area contributed by atoms with Crippen LogP contribution < -0.4 is 10.1 Å². The second kappa shape index (κ2) is 12.5. The number of nitrogens with one attached hydrogen (secondary N) is 1. The summed E-state index contributed by atoms with van der Waals surface area (Å²) < 4.78 is 11.2. The van der Waals surface area contributed by atoms with E-state index in [1.807, 2.05) is 53.4 Å². The number of nitrogens with zero attached hydrogens (tertiary/aromatic N) is 2. The Labute approximate surface area is 202 Å². The summed E-state index contributed by atoms with van der Waals surface area (Å²) in [5.41, 5.74) is 1.21. The lowest BCUT2D eigenvalue weighted by atomic mass is 9.95. The molecule has 34 heavy (non-hydrogen) atoms. The van der Waals surface area contributed by atoms with E-state index in [0.29, 0.717) is 45.5 Å². The first-order chi connectivity index (χ1) is 16.7. The van der Waals surface area contributed by atoms with E-state index in [1.165, 1.54) is 5.56 Å². The molecule has 2 heterocycles. The molecule has 0 aromatic heterocycles. The van der Waals surface area contributed by atoms with E-state index in [2.05, 4.69) is 22.3 Å². The van der Waals surface area contributed by atoms with Crippen molar-refractivity contribution in [3.63, 3.8) is 0 Å².